The van der Waals surface area contributed by atoms with Crippen molar-refractivity contribution in [1.82, 2.24) is 20.0 Å². The molecule has 4 rings (SSSR count). The van der Waals surface area contributed by atoms with Crippen LogP contribution in [0, 0.1) is 0 Å². The van der Waals surface area contributed by atoms with Gasteiger partial charge in [-0.25, -0.2) is 0 Å². The van der Waals surface area contributed by atoms with Gasteiger partial charge >= 0.3 is 0 Å². The summed E-state index contributed by atoms with van der Waals surface area (Å²) in [5.41, 5.74) is 1.17. The summed E-state index contributed by atoms with van der Waals surface area (Å²) in [6.07, 6.45) is 2.23. The lowest BCUT2D eigenvalue weighted by molar-refractivity contribution is -0.134. The quantitative estimate of drug-likeness (QED) is 0.686. The van der Waals surface area contributed by atoms with Crippen molar-refractivity contribution in [3.8, 4) is 5.75 Å². The topological polar surface area (TPSA) is 68.4 Å². The van der Waals surface area contributed by atoms with Crippen LogP contribution in [0.15, 0.2) is 24.3 Å². The largest absolute Gasteiger partial charge is 0.497 e. The van der Waals surface area contributed by atoms with E-state index in [2.05, 4.69) is 32.1 Å². The highest BCUT2D eigenvalue weighted by Crippen LogP contribution is 2.21. The van der Waals surface area contributed by atoms with Crippen LogP contribution in [0.2, 0.25) is 0 Å². The van der Waals surface area contributed by atoms with Crippen LogP contribution in [-0.4, -0.2) is 105 Å². The molecule has 2 aliphatic heterocycles. The number of methoxy groups -OCH3 is 1. The Balaban J connectivity index is 1.18. The van der Waals surface area contributed by atoms with E-state index < -0.39 is 0 Å². The van der Waals surface area contributed by atoms with Crippen LogP contribution >= 0.6 is 0 Å². The first-order valence-electron chi connectivity index (χ1n) is 11.5. The van der Waals surface area contributed by atoms with Crippen molar-refractivity contribution in [2.45, 2.75) is 31.8 Å². The lowest BCUT2D eigenvalue weighted by Gasteiger charge is -2.39. The number of hydrogen-bond donors (Lipinski definition) is 1. The fraction of sp³-hybridized carbons (Fsp3) is 0.652. The van der Waals surface area contributed by atoms with Gasteiger partial charge in [-0.2, -0.15) is 0 Å². The summed E-state index contributed by atoms with van der Waals surface area (Å²) < 4.78 is 5.23. The molecule has 3 fully saturated rings. The molecule has 0 aromatic heterocycles. The van der Waals surface area contributed by atoms with E-state index in [0.29, 0.717) is 12.6 Å². The smallest absolute Gasteiger partial charge is 0.237 e. The monoisotopic (exact) mass is 429 g/mol. The summed E-state index contributed by atoms with van der Waals surface area (Å²) in [7, 11) is 1.67. The average molecular weight is 430 g/mol. The van der Waals surface area contributed by atoms with Crippen LogP contribution in [0.4, 0.5) is 5.69 Å². The molecular formula is C23H35N5O3. The molecule has 3 aliphatic rings. The van der Waals surface area contributed by atoms with Crippen LogP contribution in [0.25, 0.3) is 0 Å². The SMILES string of the molecule is COc1ccc(N2CCN(C(=O)CN3CCN(C(C)C(=O)NC4CC4)CC3)CC2)cc1. The maximum absolute atomic E-state index is 12.8. The van der Waals surface area contributed by atoms with Gasteiger partial charge in [0.05, 0.1) is 19.7 Å². The molecule has 2 amide bonds. The standard InChI is InChI=1S/C23H35N5O3/c1-18(23(30)24-19-3-4-19)26-11-9-25(10-12-26)17-22(29)28-15-13-27(14-16-28)20-5-7-21(31-2)8-6-20/h5-8,18-19H,3-4,9-17H2,1-2H3,(H,24,30). The van der Waals surface area contributed by atoms with Gasteiger partial charge in [0.1, 0.15) is 5.75 Å². The highest BCUT2D eigenvalue weighted by molar-refractivity contribution is 5.82. The highest BCUT2D eigenvalue weighted by Gasteiger charge is 2.31. The van der Waals surface area contributed by atoms with Crippen molar-refractivity contribution in [1.29, 1.82) is 0 Å². The van der Waals surface area contributed by atoms with E-state index in [4.69, 9.17) is 4.74 Å². The minimum absolute atomic E-state index is 0.0931. The number of ether oxygens (including phenoxy) is 1. The van der Waals surface area contributed by atoms with Gasteiger partial charge < -0.3 is 19.9 Å². The van der Waals surface area contributed by atoms with Crippen molar-refractivity contribution in [2.24, 2.45) is 0 Å². The molecule has 1 aromatic carbocycles. The molecule has 1 N–H and O–H groups in total. The van der Waals surface area contributed by atoms with Crippen molar-refractivity contribution in [3.05, 3.63) is 24.3 Å². The number of rotatable bonds is 7. The lowest BCUT2D eigenvalue weighted by atomic mass is 10.2. The lowest BCUT2D eigenvalue weighted by Crippen LogP contribution is -2.56. The molecular weight excluding hydrogens is 394 g/mol. The summed E-state index contributed by atoms with van der Waals surface area (Å²) in [6, 6.07) is 8.40. The third kappa shape index (κ3) is 5.68. The fourth-order valence-electron chi connectivity index (χ4n) is 4.32. The first kappa shape index (κ1) is 21.9. The van der Waals surface area contributed by atoms with Crippen molar-refractivity contribution >= 4 is 17.5 Å². The second-order valence-electron chi connectivity index (χ2n) is 8.84. The summed E-state index contributed by atoms with van der Waals surface area (Å²) in [5.74, 6) is 1.21. The Morgan fingerprint density at radius 3 is 2.23 bits per heavy atom. The predicted octanol–water partition coefficient (Wildman–Crippen LogP) is 0.629. The van der Waals surface area contributed by atoms with E-state index in [1.807, 2.05) is 24.0 Å². The maximum Gasteiger partial charge on any atom is 0.237 e. The third-order valence-electron chi connectivity index (χ3n) is 6.69. The van der Waals surface area contributed by atoms with Gasteiger partial charge in [0.2, 0.25) is 11.8 Å². The molecule has 0 spiro atoms. The van der Waals surface area contributed by atoms with Gasteiger partial charge in [-0.3, -0.25) is 19.4 Å². The summed E-state index contributed by atoms with van der Waals surface area (Å²) >= 11 is 0. The molecule has 1 aromatic rings. The van der Waals surface area contributed by atoms with Gasteiger partial charge in [-0.1, -0.05) is 0 Å². The number of piperazine rings is 2. The Bertz CT molecular complexity index is 751. The van der Waals surface area contributed by atoms with Crippen molar-refractivity contribution < 1.29 is 14.3 Å². The zero-order valence-corrected chi connectivity index (χ0v) is 18.8. The van der Waals surface area contributed by atoms with Crippen molar-refractivity contribution in [3.63, 3.8) is 0 Å². The number of nitrogens with one attached hydrogen (secondary N) is 1. The highest BCUT2D eigenvalue weighted by atomic mass is 16.5. The van der Waals surface area contributed by atoms with E-state index >= 15 is 0 Å². The number of carbonyl (C=O) groups excluding carboxylic acids is 2. The van der Waals surface area contributed by atoms with Crippen LogP contribution in [0.3, 0.4) is 0 Å². The number of hydrogen-bond acceptors (Lipinski definition) is 6. The molecule has 170 valence electrons. The van der Waals surface area contributed by atoms with Crippen LogP contribution in [0.1, 0.15) is 19.8 Å². The predicted molar refractivity (Wildman–Crippen MR) is 120 cm³/mol. The number of nitrogens with zero attached hydrogens (tertiary/aromatic N) is 4. The van der Waals surface area contributed by atoms with Gasteiger partial charge in [0, 0.05) is 64.1 Å². The Kier molecular flexibility index (Phi) is 6.97. The number of anilines is 1. The van der Waals surface area contributed by atoms with Crippen LogP contribution in [-0.2, 0) is 9.59 Å². The van der Waals surface area contributed by atoms with Gasteiger partial charge in [-0.05, 0) is 44.0 Å². The molecule has 31 heavy (non-hydrogen) atoms. The molecule has 0 bridgehead atoms. The molecule has 8 heteroatoms. The molecule has 1 saturated carbocycles. The molecule has 8 nitrogen and oxygen atoms in total. The first-order chi connectivity index (χ1) is 15.0. The maximum atomic E-state index is 12.8. The minimum atomic E-state index is -0.0931. The second kappa shape index (κ2) is 9.87. The van der Waals surface area contributed by atoms with E-state index in [9.17, 15) is 9.59 Å². The zero-order chi connectivity index (χ0) is 21.8. The first-order valence-corrected chi connectivity index (χ1v) is 11.5. The van der Waals surface area contributed by atoms with E-state index in [0.717, 1.165) is 70.9 Å². The molecule has 1 atom stereocenters. The number of carbonyl (C=O) groups is 2. The molecule has 2 saturated heterocycles. The Hall–Kier alpha value is -2.32. The molecule has 1 unspecified atom stereocenters. The second-order valence-corrected chi connectivity index (χ2v) is 8.84. The third-order valence-corrected chi connectivity index (χ3v) is 6.69. The molecule has 1 aliphatic carbocycles. The Labute approximate surface area is 185 Å². The summed E-state index contributed by atoms with van der Waals surface area (Å²) in [4.78, 5) is 33.8. The fourth-order valence-corrected chi connectivity index (χ4v) is 4.32. The van der Waals surface area contributed by atoms with Crippen molar-refractivity contribution in [2.75, 3.05) is 70.9 Å². The van der Waals surface area contributed by atoms with E-state index in [-0.39, 0.29) is 17.9 Å². The van der Waals surface area contributed by atoms with Gasteiger partial charge in [0.15, 0.2) is 0 Å². The normalized spacial score (nSPS) is 21.6. The van der Waals surface area contributed by atoms with Gasteiger partial charge in [0.25, 0.3) is 0 Å². The van der Waals surface area contributed by atoms with Gasteiger partial charge in [-0.15, -0.1) is 0 Å². The molecule has 2 heterocycles. The number of amides is 2. The Morgan fingerprint density at radius 2 is 1.65 bits per heavy atom. The number of benzene rings is 1. The molecule has 0 radical (unpaired) electrons. The van der Waals surface area contributed by atoms with Crippen LogP contribution < -0.4 is 15.0 Å². The minimum Gasteiger partial charge on any atom is -0.497 e. The van der Waals surface area contributed by atoms with Crippen LogP contribution in [0.5, 0.6) is 5.75 Å². The zero-order valence-electron chi connectivity index (χ0n) is 18.8. The average Bonchev–Trinajstić information content (AvgIpc) is 3.63. The summed E-state index contributed by atoms with van der Waals surface area (Å²) in [5, 5.41) is 3.09. The Morgan fingerprint density at radius 1 is 1.00 bits per heavy atom. The van der Waals surface area contributed by atoms with E-state index in [1.54, 1.807) is 7.11 Å². The van der Waals surface area contributed by atoms with E-state index in [1.165, 1.54) is 5.69 Å². The summed E-state index contributed by atoms with van der Waals surface area (Å²) in [6.45, 7) is 8.98.